The van der Waals surface area contributed by atoms with Crippen molar-refractivity contribution in [2.75, 3.05) is 9.80 Å². The van der Waals surface area contributed by atoms with Crippen LogP contribution in [0.5, 0.6) is 0 Å². The van der Waals surface area contributed by atoms with Gasteiger partial charge in [0.15, 0.2) is 0 Å². The Bertz CT molecular complexity index is 3580. The van der Waals surface area contributed by atoms with E-state index in [0.717, 1.165) is 107 Å². The lowest BCUT2D eigenvalue weighted by Crippen LogP contribution is -2.37. The topological polar surface area (TPSA) is 6.48 Å². The third-order valence-corrected chi connectivity index (χ3v) is 14.1. The number of hydrogen-bond donors (Lipinski definition) is 0. The normalized spacial score (nSPS) is 16.6. The lowest BCUT2D eigenvalue weighted by Gasteiger charge is -2.44. The molecule has 4 aliphatic carbocycles. The number of allylic oxidation sites excluding steroid dienone is 10. The minimum atomic E-state index is -4.54. The number of benzene rings is 8. The fourth-order valence-electron chi connectivity index (χ4n) is 10.8. The Morgan fingerprint density at radius 3 is 1.65 bits per heavy atom. The van der Waals surface area contributed by atoms with E-state index in [1.165, 1.54) is 12.1 Å². The highest BCUT2D eigenvalue weighted by Gasteiger charge is 2.41. The first-order chi connectivity index (χ1) is 34.8. The van der Waals surface area contributed by atoms with E-state index in [0.29, 0.717) is 5.69 Å². The molecule has 0 radical (unpaired) electrons. The maximum absolute atomic E-state index is 14.7. The molecule has 2 nitrogen and oxygen atoms in total. The van der Waals surface area contributed by atoms with E-state index < -0.39 is 17.8 Å². The van der Waals surface area contributed by atoms with Crippen LogP contribution in [-0.4, -0.2) is 6.04 Å². The van der Waals surface area contributed by atoms with Crippen LogP contribution in [0.25, 0.3) is 44.5 Å². The predicted molar refractivity (Wildman–Crippen MR) is 286 cm³/mol. The molecule has 0 heterocycles. The van der Waals surface area contributed by atoms with E-state index in [1.807, 2.05) is 42.5 Å². The highest BCUT2D eigenvalue weighted by molar-refractivity contribution is 5.91. The summed E-state index contributed by atoms with van der Waals surface area (Å²) in [7, 11) is 0. The summed E-state index contributed by atoms with van der Waals surface area (Å²) in [4.78, 5) is 4.52. The monoisotopic (exact) mass is 924 g/mol. The number of rotatable bonds is 10. The summed E-state index contributed by atoms with van der Waals surface area (Å²) in [5, 5.41) is 0. The molecule has 0 amide bonds. The molecule has 0 spiro atoms. The van der Waals surface area contributed by atoms with Gasteiger partial charge in [0, 0.05) is 34.1 Å². The second kappa shape index (κ2) is 18.0. The number of aryl methyl sites for hydroxylation is 1. The zero-order valence-corrected chi connectivity index (χ0v) is 38.9. The fourth-order valence-corrected chi connectivity index (χ4v) is 10.8. The molecule has 5 heteroatoms. The first kappa shape index (κ1) is 43.6. The lowest BCUT2D eigenvalue weighted by molar-refractivity contribution is -0.137. The van der Waals surface area contributed by atoms with Crippen LogP contribution in [0.3, 0.4) is 0 Å². The Kier molecular flexibility index (Phi) is 11.1. The molecule has 0 aliphatic heterocycles. The summed E-state index contributed by atoms with van der Waals surface area (Å²) in [6.45, 7) is 2.13. The van der Waals surface area contributed by atoms with Gasteiger partial charge in [-0.1, -0.05) is 194 Å². The molecular weight excluding hydrogens is 878 g/mol. The van der Waals surface area contributed by atoms with Crippen LogP contribution in [0.15, 0.2) is 288 Å². The molecule has 0 aromatic heterocycles. The van der Waals surface area contributed by atoms with Crippen molar-refractivity contribution >= 4 is 22.7 Å². The Hall–Kier alpha value is -8.67. The van der Waals surface area contributed by atoms with E-state index in [4.69, 9.17) is 0 Å². The second-order valence-corrected chi connectivity index (χ2v) is 18.4. The van der Waals surface area contributed by atoms with Crippen LogP contribution < -0.4 is 9.80 Å². The van der Waals surface area contributed by atoms with Gasteiger partial charge in [-0.25, -0.2) is 0 Å². The van der Waals surface area contributed by atoms with Gasteiger partial charge in [-0.15, -0.1) is 0 Å². The van der Waals surface area contributed by atoms with Crippen molar-refractivity contribution in [3.63, 3.8) is 0 Å². The van der Waals surface area contributed by atoms with Crippen molar-refractivity contribution in [3.05, 3.63) is 300 Å². The third-order valence-electron chi connectivity index (χ3n) is 14.1. The molecule has 4 aliphatic rings. The summed E-state index contributed by atoms with van der Waals surface area (Å²) in [5.74, 6) is -0.143. The molecule has 12 rings (SSSR count). The summed E-state index contributed by atoms with van der Waals surface area (Å²) in [6, 6.07) is 68.5. The van der Waals surface area contributed by atoms with E-state index >= 15 is 0 Å². The zero-order valence-electron chi connectivity index (χ0n) is 38.9. The average molecular weight is 925 g/mol. The molecule has 8 aromatic rings. The van der Waals surface area contributed by atoms with Crippen molar-refractivity contribution in [2.45, 2.75) is 19.1 Å². The zero-order chi connectivity index (χ0) is 48.1. The molecule has 2 atom stereocenters. The van der Waals surface area contributed by atoms with Gasteiger partial charge in [-0.2, -0.15) is 13.2 Å². The summed E-state index contributed by atoms with van der Waals surface area (Å²) in [6.07, 6.45) is 13.2. The van der Waals surface area contributed by atoms with Crippen LogP contribution >= 0.6 is 0 Å². The summed E-state index contributed by atoms with van der Waals surface area (Å²) >= 11 is 0. The van der Waals surface area contributed by atoms with Crippen LogP contribution in [0.1, 0.15) is 11.1 Å². The van der Waals surface area contributed by atoms with Gasteiger partial charge < -0.3 is 9.80 Å². The fraction of sp³-hybridized carbons (Fsp3) is 0.0606. The number of hydrogen-bond acceptors (Lipinski definition) is 2. The van der Waals surface area contributed by atoms with Crippen LogP contribution in [0, 0.1) is 12.8 Å². The van der Waals surface area contributed by atoms with Crippen molar-refractivity contribution in [1.82, 2.24) is 0 Å². The molecule has 8 aromatic carbocycles. The first-order valence-corrected chi connectivity index (χ1v) is 24.0. The summed E-state index contributed by atoms with van der Waals surface area (Å²) in [5.41, 5.74) is 18.9. The molecule has 342 valence electrons. The Labute approximate surface area is 413 Å². The quantitative estimate of drug-likeness (QED) is 0.135. The maximum atomic E-state index is 14.7. The smallest absolute Gasteiger partial charge is 0.330 e. The minimum absolute atomic E-state index is 0.143. The lowest BCUT2D eigenvalue weighted by atomic mass is 9.67. The molecule has 0 saturated heterocycles. The van der Waals surface area contributed by atoms with Gasteiger partial charge in [0.2, 0.25) is 0 Å². The van der Waals surface area contributed by atoms with Gasteiger partial charge in [0.1, 0.15) is 0 Å². The summed E-state index contributed by atoms with van der Waals surface area (Å²) < 4.78 is 44.2. The van der Waals surface area contributed by atoms with Crippen LogP contribution in [0.4, 0.5) is 35.9 Å². The van der Waals surface area contributed by atoms with E-state index in [2.05, 4.69) is 205 Å². The van der Waals surface area contributed by atoms with Crippen LogP contribution in [0.2, 0.25) is 0 Å². The second-order valence-electron chi connectivity index (χ2n) is 18.4. The number of nitrogens with zero attached hydrogens (tertiary/aromatic N) is 2. The van der Waals surface area contributed by atoms with Gasteiger partial charge >= 0.3 is 6.18 Å². The van der Waals surface area contributed by atoms with Crippen molar-refractivity contribution in [2.24, 2.45) is 5.92 Å². The largest absolute Gasteiger partial charge is 0.416 e. The van der Waals surface area contributed by atoms with Gasteiger partial charge in [-0.05, 0) is 134 Å². The van der Waals surface area contributed by atoms with Gasteiger partial charge in [0.25, 0.3) is 0 Å². The van der Waals surface area contributed by atoms with Crippen molar-refractivity contribution in [1.29, 1.82) is 0 Å². The predicted octanol–water partition coefficient (Wildman–Crippen LogP) is 17.8. The first-order valence-electron chi connectivity index (χ1n) is 24.0. The average Bonchev–Trinajstić information content (AvgIpc) is 3.42. The van der Waals surface area contributed by atoms with E-state index in [9.17, 15) is 13.2 Å². The molecule has 0 N–H and O–H groups in total. The third kappa shape index (κ3) is 8.09. The molecule has 2 unspecified atom stereocenters. The highest BCUT2D eigenvalue weighted by Crippen LogP contribution is 2.53. The molecule has 0 fully saturated rings. The maximum Gasteiger partial charge on any atom is 0.416 e. The number of halogens is 3. The van der Waals surface area contributed by atoms with Crippen molar-refractivity contribution in [3.8, 4) is 44.5 Å². The number of alkyl halides is 3. The molecule has 0 bridgehead atoms. The van der Waals surface area contributed by atoms with E-state index in [-0.39, 0.29) is 5.92 Å². The molecule has 71 heavy (non-hydrogen) atoms. The SMILES string of the molecule is Cc1cccc(N(C2=C3C=CC4=C5C(=CC=C(C=C2)C35)C(N(c2cccc(C(F)(F)F)c2)c2ccc(-c3ccccc3)cc2-c2ccccc2)C=C4)c2ccc(-c3ccccc3)cc2-c2ccccc2)c1. The standard InChI is InChI=1S/C66H47F3N2/c1-44-16-14-26-54(40-44)70(62-38-32-51(45-17-6-2-7-18-45)41-58(62)47-21-10-4-11-22-47)60-36-30-49-29-35-57-61(37-31-50-28-34-56(60)64(49)65(50)57)71(55-27-15-25-53(43-55)66(67,68)69)63-39-33-52(46-19-8-3-9-20-46)42-59(63)48-23-12-5-13-24-48/h2-43,61,64H,1H3. The Balaban J connectivity index is 1.03. The number of anilines is 4. The highest BCUT2D eigenvalue weighted by atomic mass is 19.4. The van der Waals surface area contributed by atoms with Gasteiger partial charge in [-0.3, -0.25) is 0 Å². The van der Waals surface area contributed by atoms with Crippen molar-refractivity contribution < 1.29 is 13.2 Å². The Morgan fingerprint density at radius 2 is 1.03 bits per heavy atom. The molecule has 0 saturated carbocycles. The Morgan fingerprint density at radius 1 is 0.451 bits per heavy atom. The van der Waals surface area contributed by atoms with Crippen LogP contribution in [-0.2, 0) is 6.18 Å². The van der Waals surface area contributed by atoms with Gasteiger partial charge in [0.05, 0.1) is 23.0 Å². The molecular formula is C66H47F3N2. The minimum Gasteiger partial charge on any atom is -0.330 e. The van der Waals surface area contributed by atoms with E-state index in [1.54, 1.807) is 6.07 Å².